The molecule has 2 aromatic rings. The second-order valence-electron chi connectivity index (χ2n) is 6.72. The molecule has 0 amide bonds. The number of benzene rings is 2. The zero-order valence-electron chi connectivity index (χ0n) is 19.1. The van der Waals surface area contributed by atoms with Gasteiger partial charge in [-0.2, -0.15) is 0 Å². The van der Waals surface area contributed by atoms with Crippen LogP contribution in [-0.2, 0) is 14.3 Å². The summed E-state index contributed by atoms with van der Waals surface area (Å²) in [5.74, 6) is 1.03. The fourth-order valence-corrected chi connectivity index (χ4v) is 3.06. The summed E-state index contributed by atoms with van der Waals surface area (Å²) in [5, 5.41) is 0. The Labute approximate surface area is 191 Å². The summed E-state index contributed by atoms with van der Waals surface area (Å²) in [6, 6.07) is 8.24. The molecule has 9 heteroatoms. The molecule has 174 valence electrons. The number of hydrogen-bond donors (Lipinski definition) is 0. The lowest BCUT2D eigenvalue weighted by atomic mass is 10.1. The number of aliphatic imine (C=N–C) groups is 1. The van der Waals surface area contributed by atoms with Gasteiger partial charge in [0.2, 0.25) is 11.6 Å². The lowest BCUT2D eigenvalue weighted by molar-refractivity contribution is -0.134. The van der Waals surface area contributed by atoms with E-state index in [4.69, 9.17) is 28.4 Å². The van der Waals surface area contributed by atoms with Gasteiger partial charge in [0, 0.05) is 12.0 Å². The molecule has 0 saturated carbocycles. The first-order valence-corrected chi connectivity index (χ1v) is 10.2. The molecule has 1 aliphatic heterocycles. The van der Waals surface area contributed by atoms with Crippen LogP contribution in [0.15, 0.2) is 41.0 Å². The van der Waals surface area contributed by atoms with Gasteiger partial charge in [-0.1, -0.05) is 13.0 Å². The monoisotopic (exact) mass is 455 g/mol. The number of methoxy groups -OCH3 is 3. The van der Waals surface area contributed by atoms with Crippen LogP contribution in [0.5, 0.6) is 28.7 Å². The molecule has 9 nitrogen and oxygen atoms in total. The van der Waals surface area contributed by atoms with Gasteiger partial charge in [-0.25, -0.2) is 9.79 Å². The Morgan fingerprint density at radius 2 is 1.67 bits per heavy atom. The Balaban J connectivity index is 1.96. The summed E-state index contributed by atoms with van der Waals surface area (Å²) in [5.41, 5.74) is 1.20. The van der Waals surface area contributed by atoms with Crippen LogP contribution in [0.1, 0.15) is 31.4 Å². The number of nitrogens with zero attached hydrogens (tertiary/aromatic N) is 1. The van der Waals surface area contributed by atoms with Crippen LogP contribution < -0.4 is 23.7 Å². The van der Waals surface area contributed by atoms with E-state index in [-0.39, 0.29) is 24.0 Å². The third-order valence-electron chi connectivity index (χ3n) is 4.62. The van der Waals surface area contributed by atoms with Gasteiger partial charge in [0.05, 0.1) is 27.9 Å². The molecule has 0 aliphatic carbocycles. The van der Waals surface area contributed by atoms with E-state index < -0.39 is 5.97 Å². The van der Waals surface area contributed by atoms with Gasteiger partial charge in [0.1, 0.15) is 0 Å². The maximum absolute atomic E-state index is 12.5. The van der Waals surface area contributed by atoms with Crippen molar-refractivity contribution in [2.45, 2.75) is 20.3 Å². The standard InChI is InChI=1S/C24H25NO8/c1-6-21(26)32-17-9-8-14(11-18(17)31-7-2)10-16-24(27)33-23(25-16)15-12-19(28-3)22(30-5)20(13-15)29-4/h8-13H,6-7H2,1-5H3/b16-10-. The minimum atomic E-state index is -0.613. The molecule has 0 atom stereocenters. The molecule has 2 aromatic carbocycles. The normalized spacial score (nSPS) is 13.9. The van der Waals surface area contributed by atoms with E-state index in [9.17, 15) is 9.59 Å². The summed E-state index contributed by atoms with van der Waals surface area (Å²) in [6.07, 6.45) is 1.79. The molecular formula is C24H25NO8. The lowest BCUT2D eigenvalue weighted by Crippen LogP contribution is -2.07. The highest BCUT2D eigenvalue weighted by molar-refractivity contribution is 6.13. The Hall–Kier alpha value is -4.01. The fraction of sp³-hybridized carbons (Fsp3) is 0.292. The third-order valence-corrected chi connectivity index (χ3v) is 4.62. The van der Waals surface area contributed by atoms with E-state index in [0.717, 1.165) is 0 Å². The number of esters is 2. The van der Waals surface area contributed by atoms with Gasteiger partial charge in [0.15, 0.2) is 28.7 Å². The minimum Gasteiger partial charge on any atom is -0.493 e. The summed E-state index contributed by atoms with van der Waals surface area (Å²) < 4.78 is 32.2. The Morgan fingerprint density at radius 3 is 2.24 bits per heavy atom. The van der Waals surface area contributed by atoms with E-state index in [1.54, 1.807) is 43.3 Å². The number of carbonyl (C=O) groups is 2. The van der Waals surface area contributed by atoms with E-state index in [2.05, 4.69) is 4.99 Å². The van der Waals surface area contributed by atoms with Crippen molar-refractivity contribution in [3.8, 4) is 28.7 Å². The SMILES string of the molecule is CCOc1cc(/C=C2\N=C(c3cc(OC)c(OC)c(OC)c3)OC2=O)ccc1OC(=O)CC. The third kappa shape index (κ3) is 5.25. The van der Waals surface area contributed by atoms with Crippen molar-refractivity contribution in [2.24, 2.45) is 4.99 Å². The second kappa shape index (κ2) is 10.5. The molecule has 0 N–H and O–H groups in total. The lowest BCUT2D eigenvalue weighted by Gasteiger charge is -2.13. The number of carbonyl (C=O) groups excluding carboxylic acids is 2. The Morgan fingerprint density at radius 1 is 0.970 bits per heavy atom. The average molecular weight is 455 g/mol. The summed E-state index contributed by atoms with van der Waals surface area (Å²) >= 11 is 0. The van der Waals surface area contributed by atoms with Crippen LogP contribution >= 0.6 is 0 Å². The summed E-state index contributed by atoms with van der Waals surface area (Å²) in [4.78, 5) is 28.4. The topological polar surface area (TPSA) is 102 Å². The molecule has 0 aromatic heterocycles. The van der Waals surface area contributed by atoms with Crippen molar-refractivity contribution in [3.05, 3.63) is 47.2 Å². The van der Waals surface area contributed by atoms with Crippen molar-refractivity contribution in [2.75, 3.05) is 27.9 Å². The highest BCUT2D eigenvalue weighted by Crippen LogP contribution is 2.39. The zero-order chi connectivity index (χ0) is 24.0. The molecule has 0 saturated heterocycles. The molecule has 33 heavy (non-hydrogen) atoms. The summed E-state index contributed by atoms with van der Waals surface area (Å²) in [6.45, 7) is 3.90. The predicted octanol–water partition coefficient (Wildman–Crippen LogP) is 3.77. The van der Waals surface area contributed by atoms with Crippen LogP contribution in [-0.4, -0.2) is 45.8 Å². The Bertz CT molecular complexity index is 1090. The quantitative estimate of drug-likeness (QED) is 0.320. The molecule has 1 heterocycles. The smallest absolute Gasteiger partial charge is 0.363 e. The number of ether oxygens (including phenoxy) is 6. The fourth-order valence-electron chi connectivity index (χ4n) is 3.06. The zero-order valence-corrected chi connectivity index (χ0v) is 19.1. The van der Waals surface area contributed by atoms with E-state index in [0.29, 0.717) is 46.5 Å². The molecule has 0 unspecified atom stereocenters. The molecule has 0 bridgehead atoms. The van der Waals surface area contributed by atoms with Gasteiger partial charge >= 0.3 is 11.9 Å². The first kappa shape index (κ1) is 23.6. The second-order valence-corrected chi connectivity index (χ2v) is 6.72. The highest BCUT2D eigenvalue weighted by atomic mass is 16.6. The van der Waals surface area contributed by atoms with Gasteiger partial charge in [-0.15, -0.1) is 0 Å². The average Bonchev–Trinajstić information content (AvgIpc) is 3.19. The molecule has 0 radical (unpaired) electrons. The number of cyclic esters (lactones) is 1. The van der Waals surface area contributed by atoms with Gasteiger partial charge in [-0.3, -0.25) is 4.79 Å². The number of rotatable bonds is 9. The van der Waals surface area contributed by atoms with Gasteiger partial charge in [0.25, 0.3) is 0 Å². The highest BCUT2D eigenvalue weighted by Gasteiger charge is 2.26. The first-order chi connectivity index (χ1) is 15.9. The molecule has 0 spiro atoms. The van der Waals surface area contributed by atoms with Crippen LogP contribution in [0, 0.1) is 0 Å². The van der Waals surface area contributed by atoms with Crippen molar-refractivity contribution in [3.63, 3.8) is 0 Å². The maximum atomic E-state index is 12.5. The molecule has 1 aliphatic rings. The largest absolute Gasteiger partial charge is 0.493 e. The predicted molar refractivity (Wildman–Crippen MR) is 120 cm³/mol. The van der Waals surface area contributed by atoms with Gasteiger partial charge in [-0.05, 0) is 42.8 Å². The minimum absolute atomic E-state index is 0.0968. The summed E-state index contributed by atoms with van der Waals surface area (Å²) in [7, 11) is 4.48. The van der Waals surface area contributed by atoms with E-state index in [1.165, 1.54) is 21.3 Å². The van der Waals surface area contributed by atoms with Crippen LogP contribution in [0.25, 0.3) is 6.08 Å². The van der Waals surface area contributed by atoms with Crippen LogP contribution in [0.4, 0.5) is 0 Å². The first-order valence-electron chi connectivity index (χ1n) is 10.2. The molecule has 3 rings (SSSR count). The van der Waals surface area contributed by atoms with Crippen LogP contribution in [0.3, 0.4) is 0 Å². The van der Waals surface area contributed by atoms with Crippen molar-refractivity contribution in [1.82, 2.24) is 0 Å². The van der Waals surface area contributed by atoms with Crippen molar-refractivity contribution >= 4 is 23.9 Å². The Kier molecular flexibility index (Phi) is 7.55. The van der Waals surface area contributed by atoms with Crippen LogP contribution in [0.2, 0.25) is 0 Å². The van der Waals surface area contributed by atoms with Crippen molar-refractivity contribution in [1.29, 1.82) is 0 Å². The van der Waals surface area contributed by atoms with E-state index >= 15 is 0 Å². The molecular weight excluding hydrogens is 430 g/mol. The van der Waals surface area contributed by atoms with Gasteiger partial charge < -0.3 is 28.4 Å². The van der Waals surface area contributed by atoms with E-state index in [1.807, 2.05) is 6.92 Å². The number of hydrogen-bond acceptors (Lipinski definition) is 9. The van der Waals surface area contributed by atoms with Crippen molar-refractivity contribution < 1.29 is 38.0 Å². The molecule has 0 fully saturated rings. The maximum Gasteiger partial charge on any atom is 0.363 e.